The number of aromatic nitrogens is 1. The molecule has 1 aromatic carbocycles. The molecule has 200 valence electrons. The zero-order valence-electron chi connectivity index (χ0n) is 22.1. The molecule has 0 saturated heterocycles. The van der Waals surface area contributed by atoms with E-state index in [4.69, 9.17) is 4.74 Å². The lowest BCUT2D eigenvalue weighted by atomic mass is 10.0. The van der Waals surface area contributed by atoms with E-state index < -0.39 is 6.10 Å². The van der Waals surface area contributed by atoms with Gasteiger partial charge in [-0.3, -0.25) is 14.6 Å². The first-order valence-corrected chi connectivity index (χ1v) is 12.5. The lowest BCUT2D eigenvalue weighted by molar-refractivity contribution is -0.134. The maximum atomic E-state index is 13.3. The van der Waals surface area contributed by atoms with Crippen molar-refractivity contribution in [3.8, 4) is 5.75 Å². The van der Waals surface area contributed by atoms with E-state index in [0.29, 0.717) is 35.7 Å². The van der Waals surface area contributed by atoms with Gasteiger partial charge >= 0.3 is 6.03 Å². The van der Waals surface area contributed by atoms with Gasteiger partial charge in [0.1, 0.15) is 11.9 Å². The van der Waals surface area contributed by atoms with Crippen LogP contribution in [0.3, 0.4) is 0 Å². The van der Waals surface area contributed by atoms with E-state index >= 15 is 0 Å². The normalized spacial score (nSPS) is 18.6. The summed E-state index contributed by atoms with van der Waals surface area (Å²) >= 11 is 0. The first-order valence-electron chi connectivity index (χ1n) is 12.5. The minimum absolute atomic E-state index is 0.00570. The lowest BCUT2D eigenvalue weighted by Crippen LogP contribution is -2.49. The Balaban J connectivity index is 1.91. The first kappa shape index (κ1) is 27.9. The van der Waals surface area contributed by atoms with E-state index in [1.807, 2.05) is 20.8 Å². The largest absolute Gasteiger partial charge is 0.488 e. The van der Waals surface area contributed by atoms with Crippen LogP contribution in [0.15, 0.2) is 42.7 Å². The molecule has 3 atom stereocenters. The van der Waals surface area contributed by atoms with Crippen molar-refractivity contribution in [2.24, 2.45) is 5.92 Å². The number of aliphatic hydroxyl groups is 1. The van der Waals surface area contributed by atoms with Crippen molar-refractivity contribution in [2.45, 2.75) is 52.3 Å². The molecule has 1 aromatic heterocycles. The standard InChI is InChI=1S/C27H37N5O5/c1-17(2)29-27(36)31(5)15-24-18(3)14-32(19(4)16-33)25(34)13-21-12-22(6-7-23(21)37-24)30-26(35)20-8-10-28-11-9-20/h6-12,17-19,24,33H,13-16H2,1-5H3,(H,29,36)(H,30,35)/t18-,19-,24-/m0/s1. The highest BCUT2D eigenvalue weighted by Gasteiger charge is 2.32. The molecule has 2 aromatic rings. The maximum Gasteiger partial charge on any atom is 0.317 e. The lowest BCUT2D eigenvalue weighted by Gasteiger charge is -2.34. The zero-order valence-corrected chi connectivity index (χ0v) is 22.1. The highest BCUT2D eigenvalue weighted by atomic mass is 16.5. The van der Waals surface area contributed by atoms with Crippen molar-refractivity contribution in [1.29, 1.82) is 0 Å². The van der Waals surface area contributed by atoms with Gasteiger partial charge in [-0.1, -0.05) is 6.92 Å². The van der Waals surface area contributed by atoms with Crippen LogP contribution in [-0.2, 0) is 11.2 Å². The molecule has 0 bridgehead atoms. The number of rotatable bonds is 7. The van der Waals surface area contributed by atoms with Crippen molar-refractivity contribution >= 4 is 23.5 Å². The molecule has 4 amide bonds. The van der Waals surface area contributed by atoms with E-state index in [-0.39, 0.29) is 48.9 Å². The Labute approximate surface area is 218 Å². The van der Waals surface area contributed by atoms with Crippen molar-refractivity contribution < 1.29 is 24.2 Å². The average Bonchev–Trinajstić information content (AvgIpc) is 2.91. The number of urea groups is 1. The van der Waals surface area contributed by atoms with Crippen LogP contribution < -0.4 is 15.4 Å². The Morgan fingerprint density at radius 3 is 2.57 bits per heavy atom. The number of hydrogen-bond donors (Lipinski definition) is 3. The Hall–Kier alpha value is -3.66. The molecule has 0 radical (unpaired) electrons. The predicted molar refractivity (Wildman–Crippen MR) is 140 cm³/mol. The minimum Gasteiger partial charge on any atom is -0.488 e. The third kappa shape index (κ3) is 7.42. The molecular weight excluding hydrogens is 474 g/mol. The number of likely N-dealkylation sites (N-methyl/N-ethyl adjacent to an activating group) is 1. The van der Waals surface area contributed by atoms with E-state index in [1.165, 1.54) is 0 Å². The van der Waals surface area contributed by atoms with Crippen molar-refractivity contribution in [2.75, 3.05) is 32.1 Å². The van der Waals surface area contributed by atoms with Gasteiger partial charge in [0.05, 0.1) is 25.6 Å². The van der Waals surface area contributed by atoms with Gasteiger partial charge in [0, 0.05) is 54.8 Å². The Bertz CT molecular complexity index is 1090. The quantitative estimate of drug-likeness (QED) is 0.525. The van der Waals surface area contributed by atoms with Crippen LogP contribution in [0, 0.1) is 5.92 Å². The molecule has 10 nitrogen and oxygen atoms in total. The summed E-state index contributed by atoms with van der Waals surface area (Å²) < 4.78 is 6.43. The van der Waals surface area contributed by atoms with Crippen LogP contribution in [0.1, 0.15) is 43.6 Å². The van der Waals surface area contributed by atoms with E-state index in [2.05, 4.69) is 15.6 Å². The molecule has 0 spiro atoms. The van der Waals surface area contributed by atoms with Crippen molar-refractivity contribution in [3.05, 3.63) is 53.9 Å². The van der Waals surface area contributed by atoms with Gasteiger partial charge in [-0.25, -0.2) is 4.79 Å². The Kier molecular flexibility index (Phi) is 9.46. The molecular formula is C27H37N5O5. The fraction of sp³-hybridized carbons (Fsp3) is 0.481. The highest BCUT2D eigenvalue weighted by Crippen LogP contribution is 2.29. The number of nitrogens with zero attached hydrogens (tertiary/aromatic N) is 3. The van der Waals surface area contributed by atoms with Gasteiger partial charge in [-0.05, 0) is 51.1 Å². The summed E-state index contributed by atoms with van der Waals surface area (Å²) in [5.41, 5.74) is 1.60. The topological polar surface area (TPSA) is 124 Å². The second-order valence-electron chi connectivity index (χ2n) is 9.89. The minimum atomic E-state index is -0.418. The second-order valence-corrected chi connectivity index (χ2v) is 9.89. The summed E-state index contributed by atoms with van der Waals surface area (Å²) in [7, 11) is 1.71. The fourth-order valence-corrected chi connectivity index (χ4v) is 4.14. The Morgan fingerprint density at radius 1 is 1.22 bits per heavy atom. The molecule has 1 aliphatic rings. The SMILES string of the molecule is CC(C)NC(=O)N(C)C[C@@H]1Oc2ccc(NC(=O)c3ccncc3)cc2CC(=O)N([C@@H](C)CO)C[C@@H]1C. The summed E-state index contributed by atoms with van der Waals surface area (Å²) in [6, 6.07) is 7.84. The average molecular weight is 512 g/mol. The fourth-order valence-electron chi connectivity index (χ4n) is 4.14. The molecule has 0 aliphatic carbocycles. The van der Waals surface area contributed by atoms with Gasteiger partial charge in [0.15, 0.2) is 0 Å². The summed E-state index contributed by atoms with van der Waals surface area (Å²) in [6.07, 6.45) is 2.71. The number of anilines is 1. The van der Waals surface area contributed by atoms with Crippen molar-refractivity contribution in [1.82, 2.24) is 20.1 Å². The third-order valence-electron chi connectivity index (χ3n) is 6.33. The number of fused-ring (bicyclic) bond motifs is 1. The molecule has 3 N–H and O–H groups in total. The number of pyridine rings is 1. The van der Waals surface area contributed by atoms with Gasteiger partial charge in [0.2, 0.25) is 5.91 Å². The molecule has 10 heteroatoms. The molecule has 0 fully saturated rings. The number of aliphatic hydroxyl groups excluding tert-OH is 1. The number of ether oxygens (including phenoxy) is 1. The summed E-state index contributed by atoms with van der Waals surface area (Å²) in [6.45, 7) is 8.05. The monoisotopic (exact) mass is 511 g/mol. The van der Waals surface area contributed by atoms with Crippen LogP contribution in [0.4, 0.5) is 10.5 Å². The van der Waals surface area contributed by atoms with Gasteiger partial charge < -0.3 is 30.3 Å². The number of amides is 4. The summed E-state index contributed by atoms with van der Waals surface area (Å²) in [5.74, 6) is -0.0626. The number of carbonyl (C=O) groups is 3. The van der Waals surface area contributed by atoms with E-state index in [1.54, 1.807) is 66.5 Å². The van der Waals surface area contributed by atoms with Crippen LogP contribution in [0.2, 0.25) is 0 Å². The van der Waals surface area contributed by atoms with E-state index in [9.17, 15) is 19.5 Å². The van der Waals surface area contributed by atoms with Crippen LogP contribution in [0.25, 0.3) is 0 Å². The number of hydrogen-bond acceptors (Lipinski definition) is 6. The first-order chi connectivity index (χ1) is 17.6. The van der Waals surface area contributed by atoms with Crippen LogP contribution in [-0.4, -0.2) is 82.7 Å². The van der Waals surface area contributed by atoms with Crippen LogP contribution in [0.5, 0.6) is 5.75 Å². The van der Waals surface area contributed by atoms with Crippen LogP contribution >= 0.6 is 0 Å². The molecule has 37 heavy (non-hydrogen) atoms. The molecule has 0 unspecified atom stereocenters. The number of benzene rings is 1. The number of nitrogens with one attached hydrogen (secondary N) is 2. The molecule has 0 saturated carbocycles. The predicted octanol–water partition coefficient (Wildman–Crippen LogP) is 2.53. The second kappa shape index (κ2) is 12.5. The van der Waals surface area contributed by atoms with Gasteiger partial charge in [-0.2, -0.15) is 0 Å². The summed E-state index contributed by atoms with van der Waals surface area (Å²) in [4.78, 5) is 45.7. The molecule has 3 rings (SSSR count). The number of carbonyl (C=O) groups excluding carboxylic acids is 3. The van der Waals surface area contributed by atoms with Gasteiger partial charge in [0.25, 0.3) is 5.91 Å². The smallest absolute Gasteiger partial charge is 0.317 e. The molecule has 2 heterocycles. The Morgan fingerprint density at radius 2 is 1.92 bits per heavy atom. The highest BCUT2D eigenvalue weighted by molar-refractivity contribution is 6.04. The van der Waals surface area contributed by atoms with Gasteiger partial charge in [-0.15, -0.1) is 0 Å². The zero-order chi connectivity index (χ0) is 27.1. The summed E-state index contributed by atoms with van der Waals surface area (Å²) in [5, 5.41) is 15.5. The van der Waals surface area contributed by atoms with E-state index in [0.717, 1.165) is 0 Å². The maximum absolute atomic E-state index is 13.3. The molecule has 1 aliphatic heterocycles. The van der Waals surface area contributed by atoms with Crippen molar-refractivity contribution in [3.63, 3.8) is 0 Å². The third-order valence-corrected chi connectivity index (χ3v) is 6.33.